The highest BCUT2D eigenvalue weighted by Crippen LogP contribution is 2.08. The molecule has 13 heavy (non-hydrogen) atoms. The number of aromatic nitrogens is 1. The van der Waals surface area contributed by atoms with Gasteiger partial charge >= 0.3 is 7.12 Å². The van der Waals surface area contributed by atoms with Crippen LogP contribution in [0.3, 0.4) is 0 Å². The second-order valence-corrected chi connectivity index (χ2v) is 2.42. The van der Waals surface area contributed by atoms with Gasteiger partial charge in [-0.3, -0.25) is 0 Å². The van der Waals surface area contributed by atoms with Gasteiger partial charge in [0, 0.05) is 5.46 Å². The molecular formula is C6H5BF3NO2. The molecule has 1 heterocycles. The van der Waals surface area contributed by atoms with Crippen molar-refractivity contribution < 1.29 is 23.2 Å². The van der Waals surface area contributed by atoms with E-state index in [9.17, 15) is 13.2 Å². The minimum Gasteiger partial charge on any atom is -0.423 e. The Morgan fingerprint density at radius 1 is 1.15 bits per heavy atom. The predicted molar refractivity (Wildman–Crippen MR) is 38.7 cm³/mol. The first-order valence-corrected chi connectivity index (χ1v) is 3.32. The van der Waals surface area contributed by atoms with Gasteiger partial charge in [0.1, 0.15) is 0 Å². The fourth-order valence-corrected chi connectivity index (χ4v) is 0.923. The second kappa shape index (κ2) is 3.35. The Labute approximate surface area is 72.0 Å². The lowest BCUT2D eigenvalue weighted by molar-refractivity contribution is 0.412. The van der Waals surface area contributed by atoms with Crippen molar-refractivity contribution in [3.63, 3.8) is 0 Å². The zero-order chi connectivity index (χ0) is 10.2. The quantitative estimate of drug-likeness (QED) is 0.464. The van der Waals surface area contributed by atoms with Crippen molar-refractivity contribution in [2.24, 2.45) is 0 Å². The summed E-state index contributed by atoms with van der Waals surface area (Å²) in [6.45, 7) is 1.03. The van der Waals surface area contributed by atoms with Crippen molar-refractivity contribution in [2.45, 2.75) is 6.92 Å². The molecule has 70 valence electrons. The predicted octanol–water partition coefficient (Wildman–Crippen LogP) is -0.513. The Balaban J connectivity index is 3.44. The van der Waals surface area contributed by atoms with Gasteiger partial charge in [0.2, 0.25) is 5.95 Å². The highest BCUT2D eigenvalue weighted by molar-refractivity contribution is 6.59. The van der Waals surface area contributed by atoms with Gasteiger partial charge in [-0.1, -0.05) is 0 Å². The van der Waals surface area contributed by atoms with E-state index in [-0.39, 0.29) is 0 Å². The first-order valence-electron chi connectivity index (χ1n) is 3.32. The zero-order valence-electron chi connectivity index (χ0n) is 6.55. The minimum atomic E-state index is -2.21. The lowest BCUT2D eigenvalue weighted by Crippen LogP contribution is -2.37. The van der Waals surface area contributed by atoms with Crippen LogP contribution in [-0.2, 0) is 0 Å². The number of hydrogen-bond acceptors (Lipinski definition) is 3. The molecule has 0 saturated heterocycles. The van der Waals surface area contributed by atoms with Crippen LogP contribution in [0, 0.1) is 24.6 Å². The molecule has 0 unspecified atom stereocenters. The molecule has 3 nitrogen and oxygen atoms in total. The van der Waals surface area contributed by atoms with E-state index in [0.717, 1.165) is 6.92 Å². The van der Waals surface area contributed by atoms with Gasteiger partial charge in [0.15, 0.2) is 5.82 Å². The van der Waals surface area contributed by atoms with Gasteiger partial charge in [-0.05, 0) is 12.5 Å². The average molecular weight is 191 g/mol. The third-order valence-corrected chi connectivity index (χ3v) is 1.59. The molecule has 0 amide bonds. The normalized spacial score (nSPS) is 10.3. The number of halogens is 3. The third-order valence-electron chi connectivity index (χ3n) is 1.59. The molecule has 1 rings (SSSR count). The van der Waals surface area contributed by atoms with E-state index in [1.807, 2.05) is 0 Å². The standard InChI is InChI=1S/C6H5BF3NO2/c1-2-3(7(12)13)5(9)11-6(10)4(2)8/h12-13H,1H3. The van der Waals surface area contributed by atoms with Crippen molar-refractivity contribution in [3.8, 4) is 0 Å². The number of hydrogen-bond donors (Lipinski definition) is 2. The van der Waals surface area contributed by atoms with E-state index < -0.39 is 35.9 Å². The molecule has 0 aromatic carbocycles. The van der Waals surface area contributed by atoms with Crippen LogP contribution >= 0.6 is 0 Å². The summed E-state index contributed by atoms with van der Waals surface area (Å²) >= 11 is 0. The average Bonchev–Trinajstić information content (AvgIpc) is 1.99. The monoisotopic (exact) mass is 191 g/mol. The summed E-state index contributed by atoms with van der Waals surface area (Å²) in [4.78, 5) is 2.53. The lowest BCUT2D eigenvalue weighted by Gasteiger charge is -2.06. The molecule has 1 aromatic heterocycles. The second-order valence-electron chi connectivity index (χ2n) is 2.42. The fourth-order valence-electron chi connectivity index (χ4n) is 0.923. The number of rotatable bonds is 1. The van der Waals surface area contributed by atoms with Gasteiger partial charge in [0.05, 0.1) is 0 Å². The molecule has 0 aliphatic carbocycles. The minimum absolute atomic E-state index is 0.500. The Morgan fingerprint density at radius 3 is 2.15 bits per heavy atom. The van der Waals surface area contributed by atoms with Crippen LogP contribution in [0.15, 0.2) is 0 Å². The SMILES string of the molecule is Cc1c(F)c(F)nc(F)c1B(O)O. The van der Waals surface area contributed by atoms with E-state index in [1.165, 1.54) is 0 Å². The Hall–Kier alpha value is -1.08. The summed E-state index contributed by atoms with van der Waals surface area (Å²) in [6, 6.07) is 0. The molecule has 0 radical (unpaired) electrons. The first kappa shape index (κ1) is 10.0. The molecule has 0 atom stereocenters. The summed E-state index contributed by atoms with van der Waals surface area (Å²) in [7, 11) is -2.21. The molecule has 0 bridgehead atoms. The van der Waals surface area contributed by atoms with Crippen LogP contribution in [0.25, 0.3) is 0 Å². The third kappa shape index (κ3) is 1.66. The van der Waals surface area contributed by atoms with Gasteiger partial charge in [0.25, 0.3) is 5.95 Å². The van der Waals surface area contributed by atoms with E-state index in [2.05, 4.69) is 4.98 Å². The van der Waals surface area contributed by atoms with Crippen molar-refractivity contribution in [2.75, 3.05) is 0 Å². The zero-order valence-corrected chi connectivity index (χ0v) is 6.55. The molecule has 0 fully saturated rings. The summed E-state index contributed by atoms with van der Waals surface area (Å²) in [5.41, 5.74) is -1.25. The van der Waals surface area contributed by atoms with Crippen molar-refractivity contribution >= 4 is 12.6 Å². The largest absolute Gasteiger partial charge is 0.493 e. The summed E-state index contributed by atoms with van der Waals surface area (Å²) in [5.74, 6) is -4.41. The van der Waals surface area contributed by atoms with Crippen LogP contribution in [0.4, 0.5) is 13.2 Å². The molecule has 7 heteroatoms. The van der Waals surface area contributed by atoms with Gasteiger partial charge < -0.3 is 10.0 Å². The lowest BCUT2D eigenvalue weighted by atomic mass is 9.78. The highest BCUT2D eigenvalue weighted by atomic mass is 19.2. The molecule has 0 aliphatic rings. The number of pyridine rings is 1. The molecule has 0 spiro atoms. The van der Waals surface area contributed by atoms with E-state index in [4.69, 9.17) is 10.0 Å². The van der Waals surface area contributed by atoms with Crippen LogP contribution in [0.5, 0.6) is 0 Å². The topological polar surface area (TPSA) is 53.4 Å². The summed E-state index contributed by atoms with van der Waals surface area (Å²) < 4.78 is 37.8. The summed E-state index contributed by atoms with van der Waals surface area (Å²) in [6.07, 6.45) is 0. The van der Waals surface area contributed by atoms with Crippen molar-refractivity contribution in [1.82, 2.24) is 4.98 Å². The van der Waals surface area contributed by atoms with Crippen molar-refractivity contribution in [3.05, 3.63) is 23.3 Å². The maximum atomic E-state index is 12.7. The van der Waals surface area contributed by atoms with Crippen LogP contribution in [-0.4, -0.2) is 22.2 Å². The maximum Gasteiger partial charge on any atom is 0.493 e. The summed E-state index contributed by atoms with van der Waals surface area (Å²) in [5, 5.41) is 17.2. The van der Waals surface area contributed by atoms with Crippen LogP contribution in [0.2, 0.25) is 0 Å². The molecular weight excluding hydrogens is 186 g/mol. The van der Waals surface area contributed by atoms with Gasteiger partial charge in [-0.2, -0.15) is 13.8 Å². The molecule has 0 saturated carbocycles. The smallest absolute Gasteiger partial charge is 0.423 e. The van der Waals surface area contributed by atoms with Crippen LogP contribution < -0.4 is 5.46 Å². The van der Waals surface area contributed by atoms with Gasteiger partial charge in [-0.15, -0.1) is 0 Å². The van der Waals surface area contributed by atoms with Crippen LogP contribution in [0.1, 0.15) is 5.56 Å². The fraction of sp³-hybridized carbons (Fsp3) is 0.167. The van der Waals surface area contributed by atoms with E-state index in [0.29, 0.717) is 0 Å². The molecule has 0 aliphatic heterocycles. The highest BCUT2D eigenvalue weighted by Gasteiger charge is 2.25. The van der Waals surface area contributed by atoms with Crippen molar-refractivity contribution in [1.29, 1.82) is 0 Å². The molecule has 1 aromatic rings. The first-order chi connectivity index (χ1) is 5.95. The Bertz CT molecular complexity index is 345. The number of nitrogens with zero attached hydrogens (tertiary/aromatic N) is 1. The Morgan fingerprint density at radius 2 is 1.69 bits per heavy atom. The van der Waals surface area contributed by atoms with Gasteiger partial charge in [-0.25, -0.2) is 4.39 Å². The Kier molecular flexibility index (Phi) is 2.58. The van der Waals surface area contributed by atoms with E-state index >= 15 is 0 Å². The molecule has 2 N–H and O–H groups in total. The maximum absolute atomic E-state index is 12.7. The van der Waals surface area contributed by atoms with E-state index in [1.54, 1.807) is 0 Å².